The lowest BCUT2D eigenvalue weighted by Crippen LogP contribution is -2.00. The normalized spacial score (nSPS) is 11.2. The maximum Gasteiger partial charge on any atom is 0.196 e. The van der Waals surface area contributed by atoms with Crippen molar-refractivity contribution in [3.63, 3.8) is 0 Å². The summed E-state index contributed by atoms with van der Waals surface area (Å²) in [6.07, 6.45) is 0.743. The van der Waals surface area contributed by atoms with E-state index in [4.69, 9.17) is 16.0 Å². The van der Waals surface area contributed by atoms with Crippen LogP contribution in [0.3, 0.4) is 0 Å². The fourth-order valence-electron chi connectivity index (χ4n) is 2.57. The van der Waals surface area contributed by atoms with Gasteiger partial charge in [-0.25, -0.2) is 9.97 Å². The molecule has 5 heteroatoms. The molecule has 2 heterocycles. The van der Waals surface area contributed by atoms with Crippen molar-refractivity contribution in [3.05, 3.63) is 59.4 Å². The van der Waals surface area contributed by atoms with Crippen LogP contribution in [0.25, 0.3) is 22.1 Å². The van der Waals surface area contributed by atoms with E-state index in [1.165, 1.54) is 0 Å². The monoisotopic (exact) mass is 323 g/mol. The van der Waals surface area contributed by atoms with E-state index in [0.29, 0.717) is 16.4 Å². The molecule has 4 rings (SSSR count). The summed E-state index contributed by atoms with van der Waals surface area (Å²) in [4.78, 5) is 9.21. The number of hydrogen-bond acceptors (Lipinski definition) is 4. The first-order valence-electron chi connectivity index (χ1n) is 7.46. The topological polar surface area (TPSA) is 51.0 Å². The van der Waals surface area contributed by atoms with Gasteiger partial charge in [0, 0.05) is 11.8 Å². The van der Waals surface area contributed by atoms with E-state index >= 15 is 0 Å². The average molecular weight is 324 g/mol. The lowest BCUT2D eigenvalue weighted by atomic mass is 10.2. The Morgan fingerprint density at radius 2 is 1.83 bits per heavy atom. The minimum Gasteiger partial charge on any atom is -0.450 e. The molecule has 0 radical (unpaired) electrons. The second-order valence-electron chi connectivity index (χ2n) is 5.22. The van der Waals surface area contributed by atoms with Crippen LogP contribution < -0.4 is 5.32 Å². The Morgan fingerprint density at radius 1 is 1.04 bits per heavy atom. The van der Waals surface area contributed by atoms with Gasteiger partial charge in [-0.3, -0.25) is 0 Å². The highest BCUT2D eigenvalue weighted by molar-refractivity contribution is 6.33. The van der Waals surface area contributed by atoms with Crippen molar-refractivity contribution in [2.24, 2.45) is 0 Å². The molecule has 0 amide bonds. The zero-order chi connectivity index (χ0) is 15.8. The van der Waals surface area contributed by atoms with Crippen molar-refractivity contribution in [3.8, 4) is 0 Å². The third-order valence-corrected chi connectivity index (χ3v) is 4.04. The fraction of sp³-hybridized carbons (Fsp3) is 0.111. The molecule has 0 bridgehead atoms. The number of aromatic nitrogens is 2. The second kappa shape index (κ2) is 5.56. The number of halogens is 1. The molecule has 0 unspecified atom stereocenters. The van der Waals surface area contributed by atoms with Gasteiger partial charge in [0.2, 0.25) is 0 Å². The molecule has 4 aromatic rings. The Morgan fingerprint density at radius 3 is 2.65 bits per heavy atom. The van der Waals surface area contributed by atoms with E-state index in [9.17, 15) is 0 Å². The van der Waals surface area contributed by atoms with E-state index < -0.39 is 0 Å². The van der Waals surface area contributed by atoms with Crippen LogP contribution in [0, 0.1) is 0 Å². The van der Waals surface area contributed by atoms with Gasteiger partial charge in [0.25, 0.3) is 0 Å². The molecule has 0 aliphatic carbocycles. The number of rotatable bonds is 3. The summed E-state index contributed by atoms with van der Waals surface area (Å²) < 4.78 is 5.96. The zero-order valence-corrected chi connectivity index (χ0v) is 13.3. The average Bonchev–Trinajstić information content (AvgIpc) is 2.96. The van der Waals surface area contributed by atoms with E-state index in [1.807, 2.05) is 55.5 Å². The van der Waals surface area contributed by atoms with Crippen LogP contribution >= 0.6 is 11.6 Å². The summed E-state index contributed by atoms with van der Waals surface area (Å²) in [6, 6.07) is 15.4. The van der Waals surface area contributed by atoms with Crippen molar-refractivity contribution in [2.75, 3.05) is 5.32 Å². The summed E-state index contributed by atoms with van der Waals surface area (Å²) in [6.45, 7) is 2.03. The van der Waals surface area contributed by atoms with Crippen molar-refractivity contribution < 1.29 is 4.42 Å². The third kappa shape index (κ3) is 2.41. The molecular weight excluding hydrogens is 310 g/mol. The maximum absolute atomic E-state index is 6.24. The fourth-order valence-corrected chi connectivity index (χ4v) is 2.75. The molecule has 1 N–H and O–H groups in total. The Balaban J connectivity index is 1.96. The summed E-state index contributed by atoms with van der Waals surface area (Å²) in [7, 11) is 0. The predicted octanol–water partition coefficient (Wildman–Crippen LogP) is 5.34. The van der Waals surface area contributed by atoms with Crippen LogP contribution in [0.5, 0.6) is 0 Å². The Hall–Kier alpha value is -2.59. The highest BCUT2D eigenvalue weighted by atomic mass is 35.5. The van der Waals surface area contributed by atoms with Gasteiger partial charge in [0.1, 0.15) is 16.9 Å². The number of furan rings is 1. The van der Waals surface area contributed by atoms with Crippen LogP contribution in [0.15, 0.2) is 52.9 Å². The Kier molecular flexibility index (Phi) is 3.39. The van der Waals surface area contributed by atoms with Crippen molar-refractivity contribution >= 4 is 45.2 Å². The van der Waals surface area contributed by atoms with Gasteiger partial charge in [-0.1, -0.05) is 42.8 Å². The molecule has 0 saturated carbocycles. The summed E-state index contributed by atoms with van der Waals surface area (Å²) in [5, 5.41) is 4.89. The van der Waals surface area contributed by atoms with E-state index in [1.54, 1.807) is 0 Å². The quantitative estimate of drug-likeness (QED) is 0.553. The van der Waals surface area contributed by atoms with E-state index in [-0.39, 0.29) is 0 Å². The lowest BCUT2D eigenvalue weighted by Gasteiger charge is -2.08. The van der Waals surface area contributed by atoms with Gasteiger partial charge in [-0.05, 0) is 24.3 Å². The number of anilines is 2. The second-order valence-corrected chi connectivity index (χ2v) is 5.63. The first-order valence-corrected chi connectivity index (χ1v) is 7.83. The first kappa shape index (κ1) is 14.0. The smallest absolute Gasteiger partial charge is 0.196 e. The number of para-hydroxylation sites is 2. The minimum absolute atomic E-state index is 0.633. The summed E-state index contributed by atoms with van der Waals surface area (Å²) in [5.41, 5.74) is 3.05. The zero-order valence-electron chi connectivity index (χ0n) is 12.5. The highest BCUT2D eigenvalue weighted by Crippen LogP contribution is 2.33. The van der Waals surface area contributed by atoms with Crippen molar-refractivity contribution in [1.82, 2.24) is 9.97 Å². The van der Waals surface area contributed by atoms with Gasteiger partial charge < -0.3 is 9.73 Å². The maximum atomic E-state index is 6.24. The van der Waals surface area contributed by atoms with Crippen LogP contribution in [0.1, 0.15) is 12.7 Å². The molecule has 0 spiro atoms. The molecule has 23 heavy (non-hydrogen) atoms. The molecule has 0 atom stereocenters. The standard InChI is InChI=1S/C18H14ClN3O/c1-2-15-21-16-11-7-3-6-10-14(11)23-17(16)18(22-15)20-13-9-5-4-8-12(13)19/h3-10H,2H2,1H3,(H,20,21,22). The van der Waals surface area contributed by atoms with Crippen molar-refractivity contribution in [2.45, 2.75) is 13.3 Å². The van der Waals surface area contributed by atoms with Crippen molar-refractivity contribution in [1.29, 1.82) is 0 Å². The number of aryl methyl sites for hydroxylation is 1. The van der Waals surface area contributed by atoms with Gasteiger partial charge in [-0.15, -0.1) is 0 Å². The molecule has 0 saturated heterocycles. The molecule has 0 aliphatic rings. The highest BCUT2D eigenvalue weighted by Gasteiger charge is 2.15. The van der Waals surface area contributed by atoms with Crippen LogP contribution in [0.2, 0.25) is 5.02 Å². The van der Waals surface area contributed by atoms with Gasteiger partial charge in [0.05, 0.1) is 10.7 Å². The van der Waals surface area contributed by atoms with Crippen LogP contribution in [-0.4, -0.2) is 9.97 Å². The van der Waals surface area contributed by atoms with Gasteiger partial charge >= 0.3 is 0 Å². The molecule has 2 aromatic heterocycles. The van der Waals surface area contributed by atoms with E-state index in [2.05, 4.69) is 15.3 Å². The summed E-state index contributed by atoms with van der Waals surface area (Å²) in [5.74, 6) is 1.40. The van der Waals surface area contributed by atoms with Gasteiger partial charge in [-0.2, -0.15) is 0 Å². The molecule has 114 valence electrons. The largest absolute Gasteiger partial charge is 0.450 e. The van der Waals surface area contributed by atoms with Crippen LogP contribution in [0.4, 0.5) is 11.5 Å². The summed E-state index contributed by atoms with van der Waals surface area (Å²) >= 11 is 6.24. The number of hydrogen-bond donors (Lipinski definition) is 1. The molecule has 0 aliphatic heterocycles. The minimum atomic E-state index is 0.633. The Bertz CT molecular complexity index is 1010. The van der Waals surface area contributed by atoms with Gasteiger partial charge in [0.15, 0.2) is 11.4 Å². The number of benzene rings is 2. The van der Waals surface area contributed by atoms with E-state index in [0.717, 1.165) is 34.4 Å². The molecular formula is C18H14ClN3O. The molecule has 2 aromatic carbocycles. The number of nitrogens with zero attached hydrogens (tertiary/aromatic N) is 2. The SMILES string of the molecule is CCc1nc(Nc2ccccc2Cl)c2oc3ccccc3c2n1. The first-order chi connectivity index (χ1) is 11.3. The molecule has 4 nitrogen and oxygen atoms in total. The Labute approximate surface area is 138 Å². The van der Waals surface area contributed by atoms with Crippen LogP contribution in [-0.2, 0) is 6.42 Å². The number of nitrogens with one attached hydrogen (secondary N) is 1. The third-order valence-electron chi connectivity index (χ3n) is 3.71. The predicted molar refractivity (Wildman–Crippen MR) is 93.4 cm³/mol. The lowest BCUT2D eigenvalue weighted by molar-refractivity contribution is 0.666. The number of fused-ring (bicyclic) bond motifs is 3. The molecule has 0 fully saturated rings.